The van der Waals surface area contributed by atoms with E-state index in [-0.39, 0.29) is 35.3 Å². The average Bonchev–Trinajstić information content (AvgIpc) is 3.33. The van der Waals surface area contributed by atoms with Crippen LogP contribution in [0.5, 0.6) is 0 Å². The number of Topliss-reactive ketones (excluding diaryl/α,β-unsaturated/α-hetero) is 1. The molecular weight excluding hydrogens is 594 g/mol. The van der Waals surface area contributed by atoms with Crippen LogP contribution in [0.2, 0.25) is 0 Å². The Kier molecular flexibility index (Phi) is 6.18. The number of halogens is 7. The number of fused-ring (bicyclic) bond motifs is 1. The van der Waals surface area contributed by atoms with Gasteiger partial charge < -0.3 is 14.8 Å². The number of anilines is 1. The summed E-state index contributed by atoms with van der Waals surface area (Å²) >= 11 is 3.14. The molecular formula is C22H19BrF6N4O3S. The molecule has 0 saturated carbocycles. The summed E-state index contributed by atoms with van der Waals surface area (Å²) in [5.74, 6) is -2.02. The first-order chi connectivity index (χ1) is 16.9. The van der Waals surface area contributed by atoms with Gasteiger partial charge in [-0.2, -0.15) is 0 Å². The topological polar surface area (TPSA) is 84.3 Å². The summed E-state index contributed by atoms with van der Waals surface area (Å²) in [6, 6.07) is 4.54. The SMILES string of the molecule is CC(=O)c1cn(CC(=O)N2C[C@H](F)C[C@H]2C(=O)Nc2cccc(Br)n2)c2cc(S(F)(F)(F)(F)F)ccc12. The molecule has 4 rings (SSSR count). The molecule has 1 aliphatic heterocycles. The van der Waals surface area contributed by atoms with Gasteiger partial charge in [0.15, 0.2) is 5.78 Å². The molecule has 200 valence electrons. The van der Waals surface area contributed by atoms with Crippen LogP contribution in [0.4, 0.5) is 29.6 Å². The third kappa shape index (κ3) is 5.76. The van der Waals surface area contributed by atoms with Crippen molar-refractivity contribution in [1.29, 1.82) is 0 Å². The zero-order valence-corrected chi connectivity index (χ0v) is 21.3. The molecule has 1 saturated heterocycles. The number of ketones is 1. The van der Waals surface area contributed by atoms with E-state index in [1.165, 1.54) is 6.07 Å². The van der Waals surface area contributed by atoms with Gasteiger partial charge in [-0.05, 0) is 47.1 Å². The fourth-order valence-corrected chi connectivity index (χ4v) is 5.16. The highest BCUT2D eigenvalue weighted by Crippen LogP contribution is 3.02. The molecule has 15 heteroatoms. The lowest BCUT2D eigenvalue weighted by atomic mass is 10.1. The third-order valence-electron chi connectivity index (χ3n) is 5.82. The van der Waals surface area contributed by atoms with Crippen molar-refractivity contribution in [3.63, 3.8) is 0 Å². The third-order valence-corrected chi connectivity index (χ3v) is 7.41. The van der Waals surface area contributed by atoms with Crippen molar-refractivity contribution < 1.29 is 38.2 Å². The zero-order chi connectivity index (χ0) is 27.4. The summed E-state index contributed by atoms with van der Waals surface area (Å²) in [6.07, 6.45) is -0.807. The molecule has 1 fully saturated rings. The highest BCUT2D eigenvalue weighted by Gasteiger charge is 2.65. The van der Waals surface area contributed by atoms with Crippen molar-refractivity contribution in [2.75, 3.05) is 11.9 Å². The Morgan fingerprint density at radius 3 is 2.46 bits per heavy atom. The number of carbonyl (C=O) groups excluding carboxylic acids is 3. The van der Waals surface area contributed by atoms with E-state index < -0.39 is 63.5 Å². The Hall–Kier alpha value is -3.07. The minimum atomic E-state index is -10.1. The summed E-state index contributed by atoms with van der Waals surface area (Å²) in [6.45, 7) is -0.0542. The van der Waals surface area contributed by atoms with Gasteiger partial charge in [0.2, 0.25) is 11.8 Å². The number of amides is 2. The van der Waals surface area contributed by atoms with Crippen LogP contribution in [0.1, 0.15) is 23.7 Å². The van der Waals surface area contributed by atoms with Crippen LogP contribution in [0.25, 0.3) is 10.9 Å². The number of carbonyl (C=O) groups is 3. The number of likely N-dealkylation sites (tertiary alicyclic amines) is 1. The summed E-state index contributed by atoms with van der Waals surface area (Å²) in [4.78, 5) is 40.7. The molecule has 0 spiro atoms. The predicted octanol–water partition coefficient (Wildman–Crippen LogP) is 6.24. The number of rotatable bonds is 6. The maximum absolute atomic E-state index is 14.3. The number of alkyl halides is 1. The monoisotopic (exact) mass is 612 g/mol. The number of pyridine rings is 1. The standard InChI is InChI=1S/C22H19BrF6N4O3S/c1-12(34)16-10-32(17-8-14(5-6-15(16)17)37(25,26,27,28)29)11-21(35)33-9-13(24)7-18(33)22(36)31-20-4-2-3-19(23)30-20/h2-6,8,10,13,18H,7,9,11H2,1H3,(H,30,31,36)/t13-,18+/m1/s1. The van der Waals surface area contributed by atoms with Crippen LogP contribution >= 0.6 is 26.2 Å². The first-order valence-corrected chi connectivity index (χ1v) is 13.4. The normalized spacial score (nSPS) is 19.9. The number of aromatic nitrogens is 2. The fourth-order valence-electron chi connectivity index (χ4n) is 4.16. The molecule has 0 radical (unpaired) electrons. The summed E-state index contributed by atoms with van der Waals surface area (Å²) in [5, 5.41) is 2.41. The van der Waals surface area contributed by atoms with Crippen LogP contribution < -0.4 is 5.32 Å². The lowest BCUT2D eigenvalue weighted by molar-refractivity contribution is -0.137. The molecule has 7 nitrogen and oxygen atoms in total. The number of benzene rings is 1. The second-order valence-corrected chi connectivity index (χ2v) is 11.8. The van der Waals surface area contributed by atoms with Crippen LogP contribution in [-0.4, -0.2) is 50.8 Å². The van der Waals surface area contributed by atoms with Crippen molar-refractivity contribution in [3.8, 4) is 0 Å². The van der Waals surface area contributed by atoms with E-state index in [1.54, 1.807) is 12.1 Å². The van der Waals surface area contributed by atoms with Gasteiger partial charge in [-0.3, -0.25) is 14.4 Å². The molecule has 2 atom stereocenters. The van der Waals surface area contributed by atoms with Gasteiger partial charge in [-0.25, -0.2) is 9.37 Å². The van der Waals surface area contributed by atoms with E-state index in [9.17, 15) is 38.2 Å². The van der Waals surface area contributed by atoms with Gasteiger partial charge >= 0.3 is 10.2 Å². The lowest BCUT2D eigenvalue weighted by Crippen LogP contribution is -2.44. The molecule has 0 unspecified atom stereocenters. The van der Waals surface area contributed by atoms with Gasteiger partial charge in [0.1, 0.15) is 34.1 Å². The van der Waals surface area contributed by atoms with E-state index in [4.69, 9.17) is 0 Å². The minimum Gasteiger partial charge on any atom is -0.337 e. The van der Waals surface area contributed by atoms with Gasteiger partial charge in [0.05, 0.1) is 12.1 Å². The zero-order valence-electron chi connectivity index (χ0n) is 18.9. The van der Waals surface area contributed by atoms with Crippen LogP contribution in [-0.2, 0) is 16.1 Å². The first kappa shape index (κ1) is 27.0. The van der Waals surface area contributed by atoms with E-state index >= 15 is 0 Å². The maximum Gasteiger partial charge on any atom is 0.310 e. The van der Waals surface area contributed by atoms with E-state index in [1.807, 2.05) is 0 Å². The van der Waals surface area contributed by atoms with Gasteiger partial charge in [0, 0.05) is 23.6 Å². The largest absolute Gasteiger partial charge is 0.337 e. The predicted molar refractivity (Wildman–Crippen MR) is 129 cm³/mol. The molecule has 1 aliphatic rings. The highest BCUT2D eigenvalue weighted by molar-refractivity contribution is 9.10. The number of hydrogen-bond acceptors (Lipinski definition) is 4. The van der Waals surface area contributed by atoms with Crippen LogP contribution in [0, 0.1) is 0 Å². The second kappa shape index (κ2) is 8.48. The van der Waals surface area contributed by atoms with Crippen molar-refractivity contribution in [3.05, 3.63) is 52.8 Å². The molecule has 2 amide bonds. The molecule has 1 N–H and O–H groups in total. The maximum atomic E-state index is 14.3. The fraction of sp³-hybridized carbons (Fsp3) is 0.273. The van der Waals surface area contributed by atoms with Crippen molar-refractivity contribution >= 4 is 60.5 Å². The Balaban J connectivity index is 1.66. The molecule has 1 aromatic carbocycles. The van der Waals surface area contributed by atoms with Gasteiger partial charge in [0.25, 0.3) is 0 Å². The smallest absolute Gasteiger partial charge is 0.310 e. The molecule has 0 bridgehead atoms. The number of hydrogen-bond donors (Lipinski definition) is 1. The number of nitrogens with zero attached hydrogens (tertiary/aromatic N) is 3. The lowest BCUT2D eigenvalue weighted by Gasteiger charge is -2.40. The van der Waals surface area contributed by atoms with Crippen LogP contribution in [0.15, 0.2) is 52.1 Å². The first-order valence-electron chi connectivity index (χ1n) is 10.7. The van der Waals surface area contributed by atoms with Gasteiger partial charge in [-0.1, -0.05) is 31.6 Å². The van der Waals surface area contributed by atoms with Gasteiger partial charge in [-0.15, -0.1) is 0 Å². The highest BCUT2D eigenvalue weighted by atomic mass is 79.9. The second-order valence-electron chi connectivity index (χ2n) is 8.60. The molecule has 2 aromatic heterocycles. The minimum absolute atomic E-state index is 0.0642. The van der Waals surface area contributed by atoms with Crippen molar-refractivity contribution in [2.45, 2.75) is 37.0 Å². The van der Waals surface area contributed by atoms with Crippen LogP contribution in [0.3, 0.4) is 0 Å². The van der Waals surface area contributed by atoms with E-state index in [0.717, 1.165) is 28.7 Å². The molecule has 37 heavy (non-hydrogen) atoms. The molecule has 3 aromatic rings. The quantitative estimate of drug-likeness (QED) is 0.203. The van der Waals surface area contributed by atoms with E-state index in [2.05, 4.69) is 26.2 Å². The molecule has 3 heterocycles. The summed E-state index contributed by atoms with van der Waals surface area (Å²) in [7, 11) is -10.1. The van der Waals surface area contributed by atoms with Crippen molar-refractivity contribution in [1.82, 2.24) is 14.5 Å². The summed E-state index contributed by atoms with van der Waals surface area (Å²) < 4.78 is 82.7. The Morgan fingerprint density at radius 1 is 1.14 bits per heavy atom. The van der Waals surface area contributed by atoms with Crippen molar-refractivity contribution in [2.24, 2.45) is 0 Å². The van der Waals surface area contributed by atoms with E-state index in [0.29, 0.717) is 4.60 Å². The summed E-state index contributed by atoms with van der Waals surface area (Å²) in [5.41, 5.74) is -0.518. The Bertz CT molecular complexity index is 1450. The average molecular weight is 613 g/mol. The molecule has 0 aliphatic carbocycles. The number of nitrogens with one attached hydrogen (secondary N) is 1. The Morgan fingerprint density at radius 2 is 1.84 bits per heavy atom. The Labute approximate surface area is 214 Å².